The highest BCUT2D eigenvalue weighted by Gasteiger charge is 2.41. The maximum absolute atomic E-state index is 14.2. The van der Waals surface area contributed by atoms with Crippen molar-refractivity contribution in [3.05, 3.63) is 82.4 Å². The van der Waals surface area contributed by atoms with Gasteiger partial charge >= 0.3 is 5.97 Å². The number of anilines is 1. The van der Waals surface area contributed by atoms with E-state index in [0.29, 0.717) is 41.6 Å². The van der Waals surface area contributed by atoms with Gasteiger partial charge in [-0.05, 0) is 55.7 Å². The molecule has 4 aromatic rings. The first-order chi connectivity index (χ1) is 20.4. The van der Waals surface area contributed by atoms with Crippen LogP contribution in [-0.4, -0.2) is 68.4 Å². The molecule has 3 aliphatic heterocycles. The predicted octanol–water partition coefficient (Wildman–Crippen LogP) is 5.14. The normalized spacial score (nSPS) is 22.0. The van der Waals surface area contributed by atoms with Crippen LogP contribution in [0.3, 0.4) is 0 Å². The Kier molecular flexibility index (Phi) is 7.21. The summed E-state index contributed by atoms with van der Waals surface area (Å²) in [5.74, 6) is 0.907. The van der Waals surface area contributed by atoms with Crippen LogP contribution < -0.4 is 9.64 Å². The van der Waals surface area contributed by atoms with Gasteiger partial charge in [0.2, 0.25) is 5.88 Å². The average Bonchev–Trinajstić information content (AvgIpc) is 3.42. The Labute approximate surface area is 247 Å². The molecule has 218 valence electrons. The van der Waals surface area contributed by atoms with Crippen molar-refractivity contribution < 1.29 is 23.8 Å². The Morgan fingerprint density at radius 3 is 2.60 bits per heavy atom. The van der Waals surface area contributed by atoms with Gasteiger partial charge in [0.15, 0.2) is 0 Å². The Balaban J connectivity index is 1.07. The number of pyridine rings is 1. The van der Waals surface area contributed by atoms with Crippen LogP contribution in [0.5, 0.6) is 5.88 Å². The van der Waals surface area contributed by atoms with Gasteiger partial charge in [0, 0.05) is 48.4 Å². The van der Waals surface area contributed by atoms with Crippen LogP contribution in [0.1, 0.15) is 41.0 Å². The first-order valence-corrected chi connectivity index (χ1v) is 14.7. The largest absolute Gasteiger partial charge is 0.478 e. The quantitative estimate of drug-likeness (QED) is 0.286. The molecule has 0 aliphatic carbocycles. The Bertz CT molecular complexity index is 1630. The summed E-state index contributed by atoms with van der Waals surface area (Å²) in [4.78, 5) is 26.2. The van der Waals surface area contributed by atoms with Gasteiger partial charge in [-0.25, -0.2) is 14.2 Å². The smallest absolute Gasteiger partial charge is 0.335 e. The maximum atomic E-state index is 14.2. The summed E-state index contributed by atoms with van der Waals surface area (Å²) in [6.07, 6.45) is 3.25. The zero-order valence-corrected chi connectivity index (χ0v) is 23.7. The first kappa shape index (κ1) is 27.1. The standard InChI is InChI=1S/C31H31ClFN5O4/c32-21-6-4-20(25(33)13-21)18-42-30-3-1-2-28(35-30)38-22-7-8-23(38)15-36(14-22)17-29-34-26-9-5-19(31(39)40)12-27(26)37(29)16-24-10-11-41-24/h1-6,9,12-13,22-24H,7-8,10-11,14-18H2,(H,39,40)/t22?,23?,24-/m0/s1. The number of likely N-dealkylation sites (tertiary alicyclic amines) is 1. The van der Waals surface area contributed by atoms with Crippen molar-refractivity contribution in [3.8, 4) is 5.88 Å². The van der Waals surface area contributed by atoms with E-state index in [2.05, 4.69) is 14.4 Å². The maximum Gasteiger partial charge on any atom is 0.335 e. The van der Waals surface area contributed by atoms with Crippen LogP contribution in [0.25, 0.3) is 11.0 Å². The topological polar surface area (TPSA) is 93.0 Å². The summed E-state index contributed by atoms with van der Waals surface area (Å²) >= 11 is 5.87. The number of aromatic carboxylic acids is 1. The van der Waals surface area contributed by atoms with Crippen LogP contribution in [0, 0.1) is 5.82 Å². The average molecular weight is 592 g/mol. The van der Waals surface area contributed by atoms with Gasteiger partial charge in [-0.15, -0.1) is 0 Å². The number of rotatable bonds is 9. The van der Waals surface area contributed by atoms with Gasteiger partial charge < -0.3 is 24.0 Å². The number of carboxylic acids is 1. The molecule has 3 atom stereocenters. The Morgan fingerprint density at radius 2 is 1.88 bits per heavy atom. The fourth-order valence-corrected chi connectivity index (χ4v) is 6.53. The molecule has 2 aromatic carbocycles. The molecule has 0 radical (unpaired) electrons. The number of ether oxygens (including phenoxy) is 2. The minimum atomic E-state index is -0.945. The first-order valence-electron chi connectivity index (χ1n) is 14.3. The lowest BCUT2D eigenvalue weighted by Gasteiger charge is -2.41. The van der Waals surface area contributed by atoms with E-state index < -0.39 is 11.8 Å². The fourth-order valence-electron chi connectivity index (χ4n) is 6.37. The molecule has 0 amide bonds. The molecule has 42 heavy (non-hydrogen) atoms. The number of halogens is 2. The number of benzene rings is 2. The molecule has 0 spiro atoms. The number of piperazine rings is 1. The number of fused-ring (bicyclic) bond motifs is 3. The molecule has 3 saturated heterocycles. The zero-order chi connectivity index (χ0) is 28.8. The number of carbonyl (C=O) groups is 1. The van der Waals surface area contributed by atoms with E-state index >= 15 is 0 Å². The SMILES string of the molecule is O=C(O)c1ccc2nc(CN3CC4CCC(C3)N4c3cccc(OCc4ccc(Cl)cc4F)n3)n(C[C@@H]3CCO3)c2c1. The number of hydrogen-bond acceptors (Lipinski definition) is 7. The Hall–Kier alpha value is -3.73. The third kappa shape index (κ3) is 5.30. The van der Waals surface area contributed by atoms with Crippen molar-refractivity contribution in [2.45, 2.75) is 57.1 Å². The van der Waals surface area contributed by atoms with Crippen LogP contribution >= 0.6 is 11.6 Å². The molecule has 9 nitrogen and oxygen atoms in total. The van der Waals surface area contributed by atoms with Gasteiger partial charge in [0.05, 0.1) is 35.8 Å². The van der Waals surface area contributed by atoms with E-state index in [1.807, 2.05) is 12.1 Å². The van der Waals surface area contributed by atoms with Gasteiger partial charge in [0.25, 0.3) is 0 Å². The summed E-state index contributed by atoms with van der Waals surface area (Å²) in [6.45, 7) is 3.90. The highest BCUT2D eigenvalue weighted by Crippen LogP contribution is 2.35. The van der Waals surface area contributed by atoms with Crippen molar-refractivity contribution in [1.82, 2.24) is 19.4 Å². The van der Waals surface area contributed by atoms with Gasteiger partial charge in [-0.2, -0.15) is 4.98 Å². The molecular weight excluding hydrogens is 561 g/mol. The Morgan fingerprint density at radius 1 is 1.07 bits per heavy atom. The van der Waals surface area contributed by atoms with Gasteiger partial charge in [0.1, 0.15) is 24.1 Å². The molecule has 2 aromatic heterocycles. The van der Waals surface area contributed by atoms with E-state index in [0.717, 1.165) is 61.6 Å². The van der Waals surface area contributed by atoms with Crippen molar-refractivity contribution >= 4 is 34.4 Å². The number of imidazole rings is 1. The molecule has 1 N–H and O–H groups in total. The third-order valence-corrected chi connectivity index (χ3v) is 8.78. The highest BCUT2D eigenvalue weighted by molar-refractivity contribution is 6.30. The van der Waals surface area contributed by atoms with E-state index in [-0.39, 0.29) is 18.3 Å². The van der Waals surface area contributed by atoms with E-state index in [1.165, 1.54) is 6.07 Å². The summed E-state index contributed by atoms with van der Waals surface area (Å²) < 4.78 is 27.9. The minimum absolute atomic E-state index is 0.0704. The third-order valence-electron chi connectivity index (χ3n) is 8.54. The molecule has 11 heteroatoms. The summed E-state index contributed by atoms with van der Waals surface area (Å²) in [5.41, 5.74) is 2.32. The van der Waals surface area contributed by atoms with Crippen LogP contribution in [0.15, 0.2) is 54.6 Å². The highest BCUT2D eigenvalue weighted by atomic mass is 35.5. The molecular formula is C31H31ClFN5O4. The number of carboxylic acid groups (broad SMARTS) is 1. The van der Waals surface area contributed by atoms with Gasteiger partial charge in [-0.3, -0.25) is 4.90 Å². The van der Waals surface area contributed by atoms with Crippen LogP contribution in [0.2, 0.25) is 5.02 Å². The lowest BCUT2D eigenvalue weighted by molar-refractivity contribution is -0.0592. The summed E-state index contributed by atoms with van der Waals surface area (Å²) in [5, 5.41) is 9.90. The van der Waals surface area contributed by atoms with E-state index in [4.69, 9.17) is 31.0 Å². The molecule has 3 aliphatic rings. The van der Waals surface area contributed by atoms with Crippen LogP contribution in [0.4, 0.5) is 10.2 Å². The van der Waals surface area contributed by atoms with Crippen molar-refractivity contribution in [1.29, 1.82) is 0 Å². The summed E-state index contributed by atoms with van der Waals surface area (Å²) in [6, 6.07) is 16.0. The lowest BCUT2D eigenvalue weighted by Crippen LogP contribution is -2.54. The van der Waals surface area contributed by atoms with Crippen molar-refractivity contribution in [2.75, 3.05) is 24.6 Å². The van der Waals surface area contributed by atoms with Crippen molar-refractivity contribution in [3.63, 3.8) is 0 Å². The van der Waals surface area contributed by atoms with Crippen LogP contribution in [-0.2, 0) is 24.4 Å². The zero-order valence-electron chi connectivity index (χ0n) is 23.0. The summed E-state index contributed by atoms with van der Waals surface area (Å²) in [7, 11) is 0. The second-order valence-electron chi connectivity index (χ2n) is 11.3. The lowest BCUT2D eigenvalue weighted by atomic mass is 10.1. The molecule has 0 saturated carbocycles. The molecule has 3 fully saturated rings. The van der Waals surface area contributed by atoms with E-state index in [9.17, 15) is 14.3 Å². The fraction of sp³-hybridized carbons (Fsp3) is 0.387. The van der Waals surface area contributed by atoms with Gasteiger partial charge in [-0.1, -0.05) is 23.7 Å². The second kappa shape index (κ2) is 11.2. The molecule has 2 unspecified atom stereocenters. The monoisotopic (exact) mass is 591 g/mol. The van der Waals surface area contributed by atoms with E-state index in [1.54, 1.807) is 36.4 Å². The second-order valence-corrected chi connectivity index (χ2v) is 11.7. The van der Waals surface area contributed by atoms with Crippen molar-refractivity contribution in [2.24, 2.45) is 0 Å². The molecule has 2 bridgehead atoms. The molecule has 5 heterocycles. The number of nitrogens with zero attached hydrogens (tertiary/aromatic N) is 5. The number of aromatic nitrogens is 3. The number of hydrogen-bond donors (Lipinski definition) is 1. The minimum Gasteiger partial charge on any atom is -0.478 e. The molecule has 7 rings (SSSR count). The predicted molar refractivity (Wildman–Crippen MR) is 156 cm³/mol.